The molecule has 0 radical (unpaired) electrons. The smallest absolute Gasteiger partial charge is 0.338 e. The molecule has 0 N–H and O–H groups in total. The van der Waals surface area contributed by atoms with Gasteiger partial charge in [0.05, 0.1) is 18.7 Å². The summed E-state index contributed by atoms with van der Waals surface area (Å²) in [7, 11) is 0. The number of ether oxygens (including phenoxy) is 1. The molecule has 2 aromatic rings. The van der Waals surface area contributed by atoms with Gasteiger partial charge < -0.3 is 9.30 Å². The number of hydrogen-bond donors (Lipinski definition) is 0. The van der Waals surface area contributed by atoms with Gasteiger partial charge in [-0.1, -0.05) is 12.1 Å². The van der Waals surface area contributed by atoms with Crippen LogP contribution in [-0.4, -0.2) is 17.1 Å². The van der Waals surface area contributed by atoms with E-state index in [0.29, 0.717) is 18.7 Å². The van der Waals surface area contributed by atoms with Crippen LogP contribution >= 0.6 is 0 Å². The third kappa shape index (κ3) is 3.23. The molecule has 0 saturated heterocycles. The molecule has 0 fully saturated rings. The van der Waals surface area contributed by atoms with E-state index < -0.39 is 0 Å². The number of rotatable bonds is 4. The van der Waals surface area contributed by atoms with Crippen LogP contribution in [0.4, 0.5) is 0 Å². The molecular weight excluding hydrogens is 280 g/mol. The van der Waals surface area contributed by atoms with Crippen LogP contribution in [0.25, 0.3) is 0 Å². The van der Waals surface area contributed by atoms with Crippen molar-refractivity contribution < 1.29 is 9.53 Å². The molecule has 0 aliphatic heterocycles. The lowest BCUT2D eigenvalue weighted by Gasteiger charge is -2.11. The van der Waals surface area contributed by atoms with Crippen molar-refractivity contribution in [1.29, 1.82) is 5.26 Å². The van der Waals surface area contributed by atoms with Gasteiger partial charge in [0.2, 0.25) is 0 Å². The van der Waals surface area contributed by atoms with Crippen LogP contribution < -0.4 is 5.56 Å². The van der Waals surface area contributed by atoms with Gasteiger partial charge in [0.25, 0.3) is 5.56 Å². The SMILES string of the molecule is CCOC(=O)c1cccc(Cn2c(C)ccc(C#N)c2=O)c1. The number of nitrogens with zero attached hydrogens (tertiary/aromatic N) is 2. The van der Waals surface area contributed by atoms with Crippen molar-refractivity contribution in [1.82, 2.24) is 4.57 Å². The number of hydrogen-bond acceptors (Lipinski definition) is 4. The van der Waals surface area contributed by atoms with E-state index in [9.17, 15) is 9.59 Å². The predicted molar refractivity (Wildman–Crippen MR) is 81.7 cm³/mol. The van der Waals surface area contributed by atoms with Gasteiger partial charge in [0.15, 0.2) is 0 Å². The van der Waals surface area contributed by atoms with E-state index in [2.05, 4.69) is 0 Å². The van der Waals surface area contributed by atoms with E-state index in [0.717, 1.165) is 11.3 Å². The molecule has 0 aliphatic rings. The van der Waals surface area contributed by atoms with Crippen molar-refractivity contribution >= 4 is 5.97 Å². The van der Waals surface area contributed by atoms with E-state index in [1.54, 1.807) is 38.1 Å². The lowest BCUT2D eigenvalue weighted by Crippen LogP contribution is -2.25. The van der Waals surface area contributed by atoms with E-state index >= 15 is 0 Å². The maximum atomic E-state index is 12.2. The van der Waals surface area contributed by atoms with E-state index in [1.165, 1.54) is 10.6 Å². The van der Waals surface area contributed by atoms with Crippen LogP contribution in [-0.2, 0) is 11.3 Å². The van der Waals surface area contributed by atoms with Gasteiger partial charge >= 0.3 is 5.97 Å². The number of pyridine rings is 1. The van der Waals surface area contributed by atoms with Gasteiger partial charge in [-0.05, 0) is 43.7 Å². The molecule has 5 heteroatoms. The van der Waals surface area contributed by atoms with Gasteiger partial charge in [-0.15, -0.1) is 0 Å². The summed E-state index contributed by atoms with van der Waals surface area (Å²) in [5.74, 6) is -0.390. The van der Waals surface area contributed by atoms with Crippen molar-refractivity contribution in [3.05, 3.63) is 69.1 Å². The highest BCUT2D eigenvalue weighted by molar-refractivity contribution is 5.89. The quantitative estimate of drug-likeness (QED) is 0.811. The molecule has 0 unspecified atom stereocenters. The zero-order chi connectivity index (χ0) is 16.1. The van der Waals surface area contributed by atoms with Crippen molar-refractivity contribution in [3.63, 3.8) is 0 Å². The summed E-state index contributed by atoms with van der Waals surface area (Å²) < 4.78 is 6.48. The normalized spacial score (nSPS) is 10.0. The summed E-state index contributed by atoms with van der Waals surface area (Å²) in [5, 5.41) is 8.95. The van der Waals surface area contributed by atoms with Crippen LogP contribution in [0, 0.1) is 18.3 Å². The fourth-order valence-electron chi connectivity index (χ4n) is 2.15. The first-order valence-corrected chi connectivity index (χ1v) is 6.93. The van der Waals surface area contributed by atoms with Gasteiger partial charge in [0, 0.05) is 5.69 Å². The van der Waals surface area contributed by atoms with Crippen molar-refractivity contribution in [2.45, 2.75) is 20.4 Å². The number of carbonyl (C=O) groups excluding carboxylic acids is 1. The number of nitriles is 1. The molecule has 0 amide bonds. The second-order valence-electron chi connectivity index (χ2n) is 4.81. The minimum atomic E-state index is -0.390. The molecule has 0 spiro atoms. The Morgan fingerprint density at radius 3 is 2.77 bits per heavy atom. The van der Waals surface area contributed by atoms with Crippen LogP contribution in [0.1, 0.15) is 34.1 Å². The number of carbonyl (C=O) groups is 1. The van der Waals surface area contributed by atoms with E-state index in [4.69, 9.17) is 10.00 Å². The molecule has 0 aliphatic carbocycles. The summed E-state index contributed by atoms with van der Waals surface area (Å²) in [6.45, 7) is 4.16. The molecule has 22 heavy (non-hydrogen) atoms. The third-order valence-corrected chi connectivity index (χ3v) is 3.29. The lowest BCUT2D eigenvalue weighted by molar-refractivity contribution is 0.0526. The molecule has 0 bridgehead atoms. The molecule has 2 rings (SSSR count). The number of benzene rings is 1. The summed E-state index contributed by atoms with van der Waals surface area (Å²) in [5.41, 5.74) is 1.77. The Balaban J connectivity index is 2.37. The lowest BCUT2D eigenvalue weighted by atomic mass is 10.1. The first-order valence-electron chi connectivity index (χ1n) is 6.93. The summed E-state index contributed by atoms with van der Waals surface area (Å²) in [4.78, 5) is 23.9. The largest absolute Gasteiger partial charge is 0.462 e. The fourth-order valence-corrected chi connectivity index (χ4v) is 2.15. The molecular formula is C17H16N2O3. The van der Waals surface area contributed by atoms with Crippen molar-refractivity contribution in [3.8, 4) is 6.07 Å². The number of aryl methyl sites for hydroxylation is 1. The van der Waals surface area contributed by atoms with Crippen LogP contribution in [0.3, 0.4) is 0 Å². The minimum Gasteiger partial charge on any atom is -0.462 e. The molecule has 1 heterocycles. The third-order valence-electron chi connectivity index (χ3n) is 3.29. The van der Waals surface area contributed by atoms with Crippen LogP contribution in [0.15, 0.2) is 41.2 Å². The Morgan fingerprint density at radius 2 is 2.09 bits per heavy atom. The summed E-state index contributed by atoms with van der Waals surface area (Å²) >= 11 is 0. The zero-order valence-corrected chi connectivity index (χ0v) is 12.5. The number of aromatic nitrogens is 1. The first-order chi connectivity index (χ1) is 10.6. The van der Waals surface area contributed by atoms with Gasteiger partial charge in [-0.3, -0.25) is 4.79 Å². The topological polar surface area (TPSA) is 72.1 Å². The summed E-state index contributed by atoms with van der Waals surface area (Å²) in [6, 6.07) is 12.1. The number of esters is 1. The molecule has 0 saturated carbocycles. The summed E-state index contributed by atoms with van der Waals surface area (Å²) in [6.07, 6.45) is 0. The van der Waals surface area contributed by atoms with E-state index in [-0.39, 0.29) is 17.1 Å². The predicted octanol–water partition coefficient (Wildman–Crippen LogP) is 2.25. The molecule has 1 aromatic heterocycles. The van der Waals surface area contributed by atoms with E-state index in [1.807, 2.05) is 12.1 Å². The van der Waals surface area contributed by atoms with Gasteiger partial charge in [-0.25, -0.2) is 4.79 Å². The Labute approximate surface area is 128 Å². The van der Waals surface area contributed by atoms with Crippen molar-refractivity contribution in [2.75, 3.05) is 6.61 Å². The fraction of sp³-hybridized carbons (Fsp3) is 0.235. The minimum absolute atomic E-state index is 0.104. The molecule has 5 nitrogen and oxygen atoms in total. The zero-order valence-electron chi connectivity index (χ0n) is 12.5. The Bertz CT molecular complexity index is 800. The van der Waals surface area contributed by atoms with Crippen LogP contribution in [0.5, 0.6) is 0 Å². The average molecular weight is 296 g/mol. The Hall–Kier alpha value is -2.87. The van der Waals surface area contributed by atoms with Crippen LogP contribution in [0.2, 0.25) is 0 Å². The maximum absolute atomic E-state index is 12.2. The Kier molecular flexibility index (Phi) is 4.74. The van der Waals surface area contributed by atoms with Gasteiger partial charge in [-0.2, -0.15) is 5.26 Å². The highest BCUT2D eigenvalue weighted by Gasteiger charge is 2.09. The highest BCUT2D eigenvalue weighted by Crippen LogP contribution is 2.09. The molecule has 1 aromatic carbocycles. The second kappa shape index (κ2) is 6.72. The monoisotopic (exact) mass is 296 g/mol. The van der Waals surface area contributed by atoms with Crippen molar-refractivity contribution in [2.24, 2.45) is 0 Å². The standard InChI is InChI=1S/C17H16N2O3/c1-3-22-17(21)14-6-4-5-13(9-14)11-19-12(2)7-8-15(10-18)16(19)20/h4-9H,3,11H2,1-2H3. The van der Waals surface area contributed by atoms with Gasteiger partial charge in [0.1, 0.15) is 11.6 Å². The molecule has 0 atom stereocenters. The first kappa shape index (κ1) is 15.5. The Morgan fingerprint density at radius 1 is 1.32 bits per heavy atom. The molecule has 112 valence electrons. The second-order valence-corrected chi connectivity index (χ2v) is 4.81. The average Bonchev–Trinajstić information content (AvgIpc) is 2.52. The highest BCUT2D eigenvalue weighted by atomic mass is 16.5. The maximum Gasteiger partial charge on any atom is 0.338 e.